The van der Waals surface area contributed by atoms with Gasteiger partial charge in [0.15, 0.2) is 0 Å². The minimum atomic E-state index is -0.867. The highest BCUT2D eigenvalue weighted by Crippen LogP contribution is 1.96. The molecule has 0 aliphatic carbocycles. The molecule has 0 rings (SSSR count). The van der Waals surface area contributed by atoms with E-state index in [1.807, 2.05) is 19.0 Å². The van der Waals surface area contributed by atoms with Crippen LogP contribution in [0.4, 0.5) is 0 Å². The van der Waals surface area contributed by atoms with Gasteiger partial charge in [-0.1, -0.05) is 0 Å². The number of carbonyl (C=O) groups is 2. The van der Waals surface area contributed by atoms with Gasteiger partial charge in [0.05, 0.1) is 6.42 Å². The van der Waals surface area contributed by atoms with Gasteiger partial charge in [-0.3, -0.25) is 9.59 Å². The van der Waals surface area contributed by atoms with E-state index < -0.39 is 5.97 Å². The zero-order chi connectivity index (χ0) is 11.8. The first-order chi connectivity index (χ1) is 6.93. The lowest BCUT2D eigenvalue weighted by molar-refractivity contribution is -0.138. The van der Waals surface area contributed by atoms with Gasteiger partial charge in [-0.15, -0.1) is 0 Å². The molecule has 88 valence electrons. The zero-order valence-electron chi connectivity index (χ0n) is 9.69. The molecule has 0 aliphatic rings. The van der Waals surface area contributed by atoms with E-state index in [9.17, 15) is 9.59 Å². The second kappa shape index (κ2) is 7.23. The largest absolute Gasteiger partial charge is 0.481 e. The number of hydrogen-bond acceptors (Lipinski definition) is 3. The minimum Gasteiger partial charge on any atom is -0.481 e. The van der Waals surface area contributed by atoms with Crippen LogP contribution in [0.3, 0.4) is 0 Å². The van der Waals surface area contributed by atoms with E-state index in [0.717, 1.165) is 13.0 Å². The highest BCUT2D eigenvalue weighted by Gasteiger charge is 2.09. The summed E-state index contributed by atoms with van der Waals surface area (Å²) in [5, 5.41) is 8.51. The second-order valence-electron chi connectivity index (χ2n) is 3.81. The van der Waals surface area contributed by atoms with Crippen LogP contribution in [0.2, 0.25) is 0 Å². The lowest BCUT2D eigenvalue weighted by atomic mass is 10.3. The number of carboxylic acids is 1. The van der Waals surface area contributed by atoms with Crippen molar-refractivity contribution >= 4 is 11.9 Å². The monoisotopic (exact) mass is 216 g/mol. The first-order valence-electron chi connectivity index (χ1n) is 5.05. The van der Waals surface area contributed by atoms with Crippen molar-refractivity contribution in [2.75, 3.05) is 33.7 Å². The molecule has 0 heterocycles. The van der Waals surface area contributed by atoms with Crippen molar-refractivity contribution in [1.29, 1.82) is 0 Å². The Morgan fingerprint density at radius 2 is 1.73 bits per heavy atom. The minimum absolute atomic E-state index is 0.0154. The van der Waals surface area contributed by atoms with Crippen LogP contribution < -0.4 is 0 Å². The Kier molecular flexibility index (Phi) is 6.70. The van der Waals surface area contributed by atoms with Crippen LogP contribution in [0.15, 0.2) is 0 Å². The van der Waals surface area contributed by atoms with Crippen molar-refractivity contribution in [3.8, 4) is 0 Å². The summed E-state index contributed by atoms with van der Waals surface area (Å²) in [6.07, 6.45) is 0.883. The Labute approximate surface area is 90.7 Å². The summed E-state index contributed by atoms with van der Waals surface area (Å²) in [6.45, 7) is 3.30. The molecule has 1 amide bonds. The molecule has 0 aromatic carbocycles. The summed E-state index contributed by atoms with van der Waals surface area (Å²) in [5.41, 5.74) is 0. The topological polar surface area (TPSA) is 60.9 Å². The first kappa shape index (κ1) is 13.9. The third kappa shape index (κ3) is 7.93. The molecular formula is C10H20N2O3. The molecule has 0 atom stereocenters. The summed E-state index contributed by atoms with van der Waals surface area (Å²) < 4.78 is 0. The van der Waals surface area contributed by atoms with E-state index in [2.05, 4.69) is 0 Å². The molecule has 0 bridgehead atoms. The van der Waals surface area contributed by atoms with Crippen LogP contribution in [-0.4, -0.2) is 60.5 Å². The average Bonchev–Trinajstić information content (AvgIpc) is 2.09. The van der Waals surface area contributed by atoms with Crippen molar-refractivity contribution in [3.63, 3.8) is 0 Å². The van der Waals surface area contributed by atoms with Gasteiger partial charge >= 0.3 is 5.97 Å². The predicted octanol–water partition coefficient (Wildman–Crippen LogP) is 0.261. The summed E-state index contributed by atoms with van der Waals surface area (Å²) in [5.74, 6) is -0.927. The Morgan fingerprint density at radius 1 is 1.13 bits per heavy atom. The standard InChI is InChI=1S/C10H20N2O3/c1-9(13)12(8-5-10(14)15)7-4-6-11(2)3/h4-8H2,1-3H3,(H,14,15). The fourth-order valence-electron chi connectivity index (χ4n) is 1.24. The third-order valence-corrected chi connectivity index (χ3v) is 2.07. The maximum absolute atomic E-state index is 11.2. The van der Waals surface area contributed by atoms with Gasteiger partial charge in [0.1, 0.15) is 0 Å². The van der Waals surface area contributed by atoms with E-state index in [1.165, 1.54) is 6.92 Å². The van der Waals surface area contributed by atoms with Gasteiger partial charge < -0.3 is 14.9 Å². The molecular weight excluding hydrogens is 196 g/mol. The first-order valence-corrected chi connectivity index (χ1v) is 5.05. The van der Waals surface area contributed by atoms with Gasteiger partial charge in [-0.05, 0) is 27.1 Å². The van der Waals surface area contributed by atoms with Crippen LogP contribution in [0.5, 0.6) is 0 Å². The quantitative estimate of drug-likeness (QED) is 0.663. The van der Waals surface area contributed by atoms with Gasteiger partial charge in [-0.25, -0.2) is 0 Å². The fourth-order valence-corrected chi connectivity index (χ4v) is 1.24. The van der Waals surface area contributed by atoms with Crippen molar-refractivity contribution in [1.82, 2.24) is 9.80 Å². The molecule has 0 aromatic rings. The number of aliphatic carboxylic acids is 1. The molecule has 0 saturated heterocycles. The average molecular weight is 216 g/mol. The van der Waals surface area contributed by atoms with Crippen LogP contribution in [0.25, 0.3) is 0 Å². The Hall–Kier alpha value is -1.10. The Balaban J connectivity index is 3.84. The van der Waals surface area contributed by atoms with E-state index in [-0.39, 0.29) is 12.3 Å². The lowest BCUT2D eigenvalue weighted by Crippen LogP contribution is -2.33. The van der Waals surface area contributed by atoms with E-state index >= 15 is 0 Å². The maximum atomic E-state index is 11.2. The van der Waals surface area contributed by atoms with Gasteiger partial charge in [0, 0.05) is 20.0 Å². The number of carbonyl (C=O) groups excluding carboxylic acids is 1. The predicted molar refractivity (Wildman–Crippen MR) is 57.7 cm³/mol. The fraction of sp³-hybridized carbons (Fsp3) is 0.800. The van der Waals surface area contributed by atoms with E-state index in [1.54, 1.807) is 4.90 Å². The molecule has 0 aromatic heterocycles. The smallest absolute Gasteiger partial charge is 0.305 e. The van der Waals surface area contributed by atoms with E-state index in [0.29, 0.717) is 13.1 Å². The molecule has 5 heteroatoms. The number of amides is 1. The van der Waals surface area contributed by atoms with Crippen LogP contribution >= 0.6 is 0 Å². The SMILES string of the molecule is CC(=O)N(CCCN(C)C)CCC(=O)O. The summed E-state index contributed by atoms with van der Waals surface area (Å²) in [4.78, 5) is 25.1. The van der Waals surface area contributed by atoms with Gasteiger partial charge in [-0.2, -0.15) is 0 Å². The highest BCUT2D eigenvalue weighted by atomic mass is 16.4. The van der Waals surface area contributed by atoms with Crippen molar-refractivity contribution in [3.05, 3.63) is 0 Å². The summed E-state index contributed by atoms with van der Waals surface area (Å²) in [6, 6.07) is 0. The molecule has 5 nitrogen and oxygen atoms in total. The van der Waals surface area contributed by atoms with Gasteiger partial charge in [0.25, 0.3) is 0 Å². The molecule has 0 aliphatic heterocycles. The molecule has 15 heavy (non-hydrogen) atoms. The molecule has 0 spiro atoms. The lowest BCUT2D eigenvalue weighted by Gasteiger charge is -2.21. The van der Waals surface area contributed by atoms with Crippen LogP contribution in [0, 0.1) is 0 Å². The number of nitrogens with zero attached hydrogens (tertiary/aromatic N) is 2. The summed E-state index contributed by atoms with van der Waals surface area (Å²) >= 11 is 0. The normalized spacial score (nSPS) is 10.4. The maximum Gasteiger partial charge on any atom is 0.305 e. The number of carboxylic acid groups (broad SMARTS) is 1. The summed E-state index contributed by atoms with van der Waals surface area (Å²) in [7, 11) is 3.94. The molecule has 0 saturated carbocycles. The zero-order valence-corrected chi connectivity index (χ0v) is 9.69. The second-order valence-corrected chi connectivity index (χ2v) is 3.81. The number of hydrogen-bond donors (Lipinski definition) is 1. The highest BCUT2D eigenvalue weighted by molar-refractivity contribution is 5.74. The van der Waals surface area contributed by atoms with Crippen molar-refractivity contribution < 1.29 is 14.7 Å². The van der Waals surface area contributed by atoms with Crippen LogP contribution in [0.1, 0.15) is 19.8 Å². The van der Waals surface area contributed by atoms with Crippen LogP contribution in [-0.2, 0) is 9.59 Å². The number of rotatable bonds is 7. The van der Waals surface area contributed by atoms with Gasteiger partial charge in [0.2, 0.25) is 5.91 Å². The molecule has 0 unspecified atom stereocenters. The van der Waals surface area contributed by atoms with E-state index in [4.69, 9.17) is 5.11 Å². The third-order valence-electron chi connectivity index (χ3n) is 2.07. The molecule has 1 N–H and O–H groups in total. The molecule has 0 fully saturated rings. The Morgan fingerprint density at radius 3 is 2.13 bits per heavy atom. The van der Waals surface area contributed by atoms with Crippen molar-refractivity contribution in [2.45, 2.75) is 19.8 Å². The Bertz CT molecular complexity index is 217. The van der Waals surface area contributed by atoms with Crippen molar-refractivity contribution in [2.24, 2.45) is 0 Å². The molecule has 0 radical (unpaired) electrons.